The van der Waals surface area contributed by atoms with Gasteiger partial charge in [0.15, 0.2) is 0 Å². The van der Waals surface area contributed by atoms with Gasteiger partial charge in [0, 0.05) is 35.8 Å². The molecule has 1 saturated heterocycles. The van der Waals surface area contributed by atoms with E-state index >= 15 is 0 Å². The summed E-state index contributed by atoms with van der Waals surface area (Å²) in [6, 6.07) is 12.9. The van der Waals surface area contributed by atoms with Crippen LogP contribution in [0.2, 0.25) is 5.02 Å². The van der Waals surface area contributed by atoms with E-state index in [0.29, 0.717) is 22.8 Å². The second-order valence-corrected chi connectivity index (χ2v) is 6.77. The topological polar surface area (TPSA) is 95.7 Å². The van der Waals surface area contributed by atoms with Crippen LogP contribution in [0.4, 0.5) is 5.69 Å². The largest absolute Gasteiger partial charge is 0.399 e. The minimum absolute atomic E-state index is 0.127. The lowest BCUT2D eigenvalue weighted by molar-refractivity contribution is -0.125. The summed E-state index contributed by atoms with van der Waals surface area (Å²) in [6.45, 7) is 0.453. The number of nitrogens with two attached hydrogens (primary N) is 1. The number of carbonyl (C=O) groups excluding carboxylic acids is 2. The molecule has 0 saturated carbocycles. The average molecular weight is 374 g/mol. The van der Waals surface area contributed by atoms with Crippen LogP contribution < -0.4 is 11.1 Å². The van der Waals surface area contributed by atoms with Crippen LogP contribution in [0.1, 0.15) is 22.3 Å². The van der Waals surface area contributed by atoms with E-state index in [0.717, 1.165) is 5.56 Å². The van der Waals surface area contributed by atoms with Crippen molar-refractivity contribution >= 4 is 29.1 Å². The molecule has 2 unspecified atom stereocenters. The quantitative estimate of drug-likeness (QED) is 0.712. The molecule has 4 N–H and O–H groups in total. The van der Waals surface area contributed by atoms with Gasteiger partial charge in [-0.3, -0.25) is 9.59 Å². The zero-order valence-corrected chi connectivity index (χ0v) is 14.8. The Hall–Kier alpha value is -2.57. The number of β-amino-alcohol motifs (C(OH)–C–C–N with tert-alkyl or cyclic N) is 1. The van der Waals surface area contributed by atoms with Gasteiger partial charge in [-0.25, -0.2) is 0 Å². The molecule has 2 aromatic carbocycles. The molecule has 1 heterocycles. The van der Waals surface area contributed by atoms with Crippen molar-refractivity contribution in [1.82, 2.24) is 10.2 Å². The van der Waals surface area contributed by atoms with E-state index in [4.69, 9.17) is 17.3 Å². The molecule has 1 fully saturated rings. The maximum Gasteiger partial charge on any atom is 0.254 e. The predicted molar refractivity (Wildman–Crippen MR) is 99.6 cm³/mol. The summed E-state index contributed by atoms with van der Waals surface area (Å²) < 4.78 is 0. The second-order valence-electron chi connectivity index (χ2n) is 6.33. The van der Waals surface area contributed by atoms with Crippen LogP contribution in [0.3, 0.4) is 0 Å². The Kier molecular flexibility index (Phi) is 5.44. The fourth-order valence-corrected chi connectivity index (χ4v) is 3.11. The zero-order valence-electron chi connectivity index (χ0n) is 14.1. The van der Waals surface area contributed by atoms with Crippen molar-refractivity contribution in [3.63, 3.8) is 0 Å². The van der Waals surface area contributed by atoms with Crippen molar-refractivity contribution in [3.05, 3.63) is 64.7 Å². The number of carbonyl (C=O) groups is 2. The summed E-state index contributed by atoms with van der Waals surface area (Å²) in [5, 5.41) is 13.4. The van der Waals surface area contributed by atoms with Gasteiger partial charge in [-0.05, 0) is 42.0 Å². The Balaban J connectivity index is 1.68. The van der Waals surface area contributed by atoms with Gasteiger partial charge in [0.2, 0.25) is 5.91 Å². The number of likely N-dealkylation sites (tertiary alicyclic amines) is 1. The van der Waals surface area contributed by atoms with Crippen molar-refractivity contribution in [1.29, 1.82) is 0 Å². The van der Waals surface area contributed by atoms with Crippen molar-refractivity contribution < 1.29 is 14.7 Å². The Labute approximate surface area is 156 Å². The van der Waals surface area contributed by atoms with E-state index in [2.05, 4.69) is 5.32 Å². The van der Waals surface area contributed by atoms with Crippen molar-refractivity contribution in [3.8, 4) is 0 Å². The molecule has 0 bridgehead atoms. The van der Waals surface area contributed by atoms with E-state index < -0.39 is 12.1 Å². The molecule has 3 rings (SSSR count). The highest BCUT2D eigenvalue weighted by atomic mass is 35.5. The molecule has 2 atom stereocenters. The number of halogens is 1. The fraction of sp³-hybridized carbons (Fsp3) is 0.263. The highest BCUT2D eigenvalue weighted by Gasteiger charge is 2.39. The molecule has 0 aromatic heterocycles. The van der Waals surface area contributed by atoms with Crippen LogP contribution >= 0.6 is 11.6 Å². The number of anilines is 1. The minimum atomic E-state index is -0.723. The SMILES string of the molecule is Nc1ccc(C(=O)N2CC(O)CC2C(=O)NCc2ccc(Cl)cc2)cc1. The zero-order chi connectivity index (χ0) is 18.7. The molecule has 0 spiro atoms. The smallest absolute Gasteiger partial charge is 0.254 e. The standard InChI is InChI=1S/C19H20ClN3O3/c20-14-5-1-12(2-6-14)10-22-18(25)17-9-16(24)11-23(17)19(26)13-3-7-15(21)8-4-13/h1-8,16-17,24H,9-11,21H2,(H,22,25). The number of benzene rings is 2. The van der Waals surface area contributed by atoms with Gasteiger partial charge in [0.1, 0.15) is 6.04 Å². The predicted octanol–water partition coefficient (Wildman–Crippen LogP) is 1.81. The summed E-state index contributed by atoms with van der Waals surface area (Å²) in [7, 11) is 0. The number of hydrogen-bond acceptors (Lipinski definition) is 4. The second kappa shape index (κ2) is 7.76. The molecule has 1 aliphatic heterocycles. The number of aliphatic hydroxyl groups excluding tert-OH is 1. The van der Waals surface area contributed by atoms with Crippen LogP contribution in [0.15, 0.2) is 48.5 Å². The van der Waals surface area contributed by atoms with Gasteiger partial charge in [0.25, 0.3) is 5.91 Å². The first-order valence-electron chi connectivity index (χ1n) is 8.31. The van der Waals surface area contributed by atoms with Crippen LogP contribution in [0, 0.1) is 0 Å². The summed E-state index contributed by atoms with van der Waals surface area (Å²) >= 11 is 5.85. The van der Waals surface area contributed by atoms with E-state index in [1.54, 1.807) is 36.4 Å². The molecule has 6 nitrogen and oxygen atoms in total. The maximum absolute atomic E-state index is 12.7. The molecule has 2 aromatic rings. The van der Waals surface area contributed by atoms with Gasteiger partial charge in [-0.2, -0.15) is 0 Å². The van der Waals surface area contributed by atoms with Gasteiger partial charge >= 0.3 is 0 Å². The van der Waals surface area contributed by atoms with E-state index in [1.165, 1.54) is 4.90 Å². The third kappa shape index (κ3) is 4.15. The number of nitrogens with zero attached hydrogens (tertiary/aromatic N) is 1. The van der Waals surface area contributed by atoms with Crippen LogP contribution in [-0.4, -0.2) is 40.5 Å². The number of amides is 2. The van der Waals surface area contributed by atoms with Crippen LogP contribution in [-0.2, 0) is 11.3 Å². The molecule has 0 radical (unpaired) electrons. The Bertz CT molecular complexity index is 793. The Morgan fingerprint density at radius 3 is 2.46 bits per heavy atom. The van der Waals surface area contributed by atoms with Crippen LogP contribution in [0.25, 0.3) is 0 Å². The van der Waals surface area contributed by atoms with Crippen LogP contribution in [0.5, 0.6) is 0 Å². The Morgan fingerprint density at radius 1 is 1.15 bits per heavy atom. The minimum Gasteiger partial charge on any atom is -0.399 e. The third-order valence-electron chi connectivity index (χ3n) is 4.38. The summed E-state index contributed by atoms with van der Waals surface area (Å²) in [6.07, 6.45) is -0.508. The summed E-state index contributed by atoms with van der Waals surface area (Å²) in [5.74, 6) is -0.589. The van der Waals surface area contributed by atoms with Crippen molar-refractivity contribution in [2.75, 3.05) is 12.3 Å². The first-order valence-corrected chi connectivity index (χ1v) is 8.68. The molecule has 7 heteroatoms. The molecule has 0 aliphatic carbocycles. The van der Waals surface area contributed by atoms with E-state index in [1.807, 2.05) is 12.1 Å². The summed E-state index contributed by atoms with van der Waals surface area (Å²) in [4.78, 5) is 26.7. The highest BCUT2D eigenvalue weighted by molar-refractivity contribution is 6.30. The fourth-order valence-electron chi connectivity index (χ4n) is 2.99. The molecule has 26 heavy (non-hydrogen) atoms. The van der Waals surface area contributed by atoms with Crippen molar-refractivity contribution in [2.24, 2.45) is 0 Å². The summed E-state index contributed by atoms with van der Waals surface area (Å²) in [5.41, 5.74) is 7.54. The van der Waals surface area contributed by atoms with E-state index in [-0.39, 0.29) is 24.8 Å². The number of aliphatic hydroxyl groups is 1. The number of nitrogen functional groups attached to an aromatic ring is 1. The number of rotatable bonds is 4. The highest BCUT2D eigenvalue weighted by Crippen LogP contribution is 2.21. The molecule has 136 valence electrons. The first kappa shape index (κ1) is 18.2. The maximum atomic E-state index is 12.7. The Morgan fingerprint density at radius 2 is 1.81 bits per heavy atom. The van der Waals surface area contributed by atoms with E-state index in [9.17, 15) is 14.7 Å². The molecule has 1 aliphatic rings. The first-order chi connectivity index (χ1) is 12.4. The van der Waals surface area contributed by atoms with Gasteiger partial charge in [0.05, 0.1) is 6.10 Å². The number of hydrogen-bond donors (Lipinski definition) is 3. The van der Waals surface area contributed by atoms with Gasteiger partial charge < -0.3 is 21.1 Å². The van der Waals surface area contributed by atoms with Gasteiger partial charge in [-0.15, -0.1) is 0 Å². The molecular formula is C19H20ClN3O3. The lowest BCUT2D eigenvalue weighted by atomic mass is 10.1. The third-order valence-corrected chi connectivity index (χ3v) is 4.63. The number of nitrogens with one attached hydrogen (secondary N) is 1. The van der Waals surface area contributed by atoms with Crippen molar-refractivity contribution in [2.45, 2.75) is 25.1 Å². The normalized spacial score (nSPS) is 19.4. The lowest BCUT2D eigenvalue weighted by Crippen LogP contribution is -2.45. The lowest BCUT2D eigenvalue weighted by Gasteiger charge is -2.24. The monoisotopic (exact) mass is 373 g/mol. The average Bonchev–Trinajstić information content (AvgIpc) is 3.03. The molecular weight excluding hydrogens is 354 g/mol. The van der Waals surface area contributed by atoms with Gasteiger partial charge in [-0.1, -0.05) is 23.7 Å². The molecule has 2 amide bonds.